The topological polar surface area (TPSA) is 38.0 Å². The van der Waals surface area contributed by atoms with Gasteiger partial charge in [0.1, 0.15) is 0 Å². The molecule has 2 nitrogen and oxygen atoms in total. The lowest BCUT2D eigenvalue weighted by molar-refractivity contribution is -0.138. The number of nitrogens with one attached hydrogen (secondary N) is 1. The third-order valence-corrected chi connectivity index (χ3v) is 2.88. The Balaban J connectivity index is 2.44. The minimum absolute atomic E-state index is 0.0926. The molecular formula is C14H10F6N2. The van der Waals surface area contributed by atoms with E-state index in [1.165, 1.54) is 12.1 Å². The summed E-state index contributed by atoms with van der Waals surface area (Å²) >= 11 is 0. The Morgan fingerprint density at radius 2 is 1.41 bits per heavy atom. The maximum Gasteiger partial charge on any atom is 0.418 e. The zero-order valence-electron chi connectivity index (χ0n) is 10.9. The van der Waals surface area contributed by atoms with Crippen molar-refractivity contribution in [2.24, 2.45) is 0 Å². The highest BCUT2D eigenvalue weighted by Crippen LogP contribution is 2.38. The summed E-state index contributed by atoms with van der Waals surface area (Å²) in [4.78, 5) is 0. The Bertz CT molecular complexity index is 676. The molecular weight excluding hydrogens is 310 g/mol. The van der Waals surface area contributed by atoms with Crippen LogP contribution in [0.3, 0.4) is 0 Å². The van der Waals surface area contributed by atoms with Gasteiger partial charge in [0.05, 0.1) is 28.2 Å². The van der Waals surface area contributed by atoms with Gasteiger partial charge in [-0.05, 0) is 30.3 Å². The summed E-state index contributed by atoms with van der Waals surface area (Å²) in [6.45, 7) is 0. The Kier molecular flexibility index (Phi) is 3.95. The molecule has 0 unspecified atom stereocenters. The first-order valence-corrected chi connectivity index (χ1v) is 5.99. The highest BCUT2D eigenvalue weighted by atomic mass is 19.4. The minimum Gasteiger partial charge on any atom is -0.397 e. The van der Waals surface area contributed by atoms with Gasteiger partial charge in [-0.2, -0.15) is 26.3 Å². The highest BCUT2D eigenvalue weighted by Gasteiger charge is 2.34. The fourth-order valence-corrected chi connectivity index (χ4v) is 1.83. The molecule has 0 bridgehead atoms. The Morgan fingerprint density at radius 3 is 2.00 bits per heavy atom. The summed E-state index contributed by atoms with van der Waals surface area (Å²) in [5.74, 6) is 0. The van der Waals surface area contributed by atoms with Crippen LogP contribution in [0, 0.1) is 0 Å². The van der Waals surface area contributed by atoms with Crippen molar-refractivity contribution in [2.45, 2.75) is 12.4 Å². The van der Waals surface area contributed by atoms with E-state index in [1.807, 2.05) is 0 Å². The van der Waals surface area contributed by atoms with E-state index in [0.29, 0.717) is 6.07 Å². The number of nitrogen functional groups attached to an aromatic ring is 1. The molecule has 0 atom stereocenters. The zero-order chi connectivity index (χ0) is 16.5. The lowest BCUT2D eigenvalue weighted by atomic mass is 10.1. The van der Waals surface area contributed by atoms with Gasteiger partial charge >= 0.3 is 12.4 Å². The third kappa shape index (κ3) is 3.44. The van der Waals surface area contributed by atoms with Crippen LogP contribution in [0.15, 0.2) is 42.5 Å². The van der Waals surface area contributed by atoms with Crippen LogP contribution in [0.25, 0.3) is 0 Å². The summed E-state index contributed by atoms with van der Waals surface area (Å²) in [5.41, 5.74) is 2.82. The number of anilines is 3. The second-order valence-electron chi connectivity index (χ2n) is 4.47. The standard InChI is InChI=1S/C14H10F6N2/c15-13(16,17)8-5-6-10(21)12(7-8)22-11-4-2-1-3-9(11)14(18,19)20/h1-7,22H,21H2. The SMILES string of the molecule is Nc1ccc(C(F)(F)F)cc1Nc1ccccc1C(F)(F)F. The first-order valence-electron chi connectivity index (χ1n) is 5.99. The monoisotopic (exact) mass is 320 g/mol. The molecule has 3 N–H and O–H groups in total. The number of hydrogen-bond donors (Lipinski definition) is 2. The van der Waals surface area contributed by atoms with Gasteiger partial charge in [-0.3, -0.25) is 0 Å². The summed E-state index contributed by atoms with van der Waals surface area (Å²) in [7, 11) is 0. The van der Waals surface area contributed by atoms with Gasteiger partial charge in [-0.25, -0.2) is 0 Å². The van der Waals surface area contributed by atoms with E-state index < -0.39 is 23.5 Å². The predicted molar refractivity (Wildman–Crippen MR) is 70.6 cm³/mol. The number of nitrogens with two attached hydrogens (primary N) is 1. The van der Waals surface area contributed by atoms with Crippen LogP contribution in [0.5, 0.6) is 0 Å². The van der Waals surface area contributed by atoms with Crippen LogP contribution in [-0.4, -0.2) is 0 Å². The number of alkyl halides is 6. The molecule has 2 aromatic carbocycles. The molecule has 2 aromatic rings. The van der Waals surface area contributed by atoms with E-state index in [2.05, 4.69) is 5.32 Å². The molecule has 0 aliphatic carbocycles. The maximum atomic E-state index is 12.9. The molecule has 0 radical (unpaired) electrons. The van der Waals surface area contributed by atoms with Crippen molar-refractivity contribution in [2.75, 3.05) is 11.1 Å². The summed E-state index contributed by atoms with van der Waals surface area (Å²) in [6.07, 6.45) is -9.26. The average molecular weight is 320 g/mol. The predicted octanol–water partition coefficient (Wildman–Crippen LogP) is 5.05. The molecule has 0 aliphatic rings. The highest BCUT2D eigenvalue weighted by molar-refractivity contribution is 5.75. The van der Waals surface area contributed by atoms with Crippen molar-refractivity contribution < 1.29 is 26.3 Å². The molecule has 0 spiro atoms. The molecule has 118 valence electrons. The molecule has 0 amide bonds. The Labute approximate surface area is 121 Å². The van der Waals surface area contributed by atoms with E-state index in [0.717, 1.165) is 24.3 Å². The summed E-state index contributed by atoms with van der Waals surface area (Å²) in [5, 5.41) is 2.31. The number of halogens is 6. The molecule has 0 heterocycles. The largest absolute Gasteiger partial charge is 0.418 e. The number of para-hydroxylation sites is 1. The lowest BCUT2D eigenvalue weighted by Crippen LogP contribution is -2.10. The van der Waals surface area contributed by atoms with Crippen molar-refractivity contribution in [1.29, 1.82) is 0 Å². The quantitative estimate of drug-likeness (QED) is 0.600. The number of rotatable bonds is 2. The fraction of sp³-hybridized carbons (Fsp3) is 0.143. The maximum absolute atomic E-state index is 12.9. The normalized spacial score (nSPS) is 12.3. The smallest absolute Gasteiger partial charge is 0.397 e. The number of hydrogen-bond acceptors (Lipinski definition) is 2. The van der Waals surface area contributed by atoms with Crippen molar-refractivity contribution in [3.05, 3.63) is 53.6 Å². The molecule has 0 saturated carbocycles. The van der Waals surface area contributed by atoms with Gasteiger partial charge in [0, 0.05) is 0 Å². The Morgan fingerprint density at radius 1 is 0.773 bits per heavy atom. The van der Waals surface area contributed by atoms with Crippen molar-refractivity contribution >= 4 is 17.1 Å². The summed E-state index contributed by atoms with van der Waals surface area (Å²) in [6, 6.07) is 6.87. The average Bonchev–Trinajstić information content (AvgIpc) is 2.39. The molecule has 0 aromatic heterocycles. The van der Waals surface area contributed by atoms with E-state index in [1.54, 1.807) is 0 Å². The van der Waals surface area contributed by atoms with Crippen LogP contribution < -0.4 is 11.1 Å². The van der Waals surface area contributed by atoms with Crippen LogP contribution in [-0.2, 0) is 12.4 Å². The Hall–Kier alpha value is -2.38. The van der Waals surface area contributed by atoms with Gasteiger partial charge in [-0.1, -0.05) is 12.1 Å². The van der Waals surface area contributed by atoms with Gasteiger partial charge in [0.2, 0.25) is 0 Å². The second kappa shape index (κ2) is 5.43. The fourth-order valence-electron chi connectivity index (χ4n) is 1.83. The number of benzene rings is 2. The van der Waals surface area contributed by atoms with Gasteiger partial charge in [0.15, 0.2) is 0 Å². The van der Waals surface area contributed by atoms with Gasteiger partial charge < -0.3 is 11.1 Å². The summed E-state index contributed by atoms with van der Waals surface area (Å²) < 4.78 is 76.6. The van der Waals surface area contributed by atoms with Crippen LogP contribution in [0.2, 0.25) is 0 Å². The van der Waals surface area contributed by atoms with Crippen LogP contribution >= 0.6 is 0 Å². The van der Waals surface area contributed by atoms with Crippen LogP contribution in [0.1, 0.15) is 11.1 Å². The lowest BCUT2D eigenvalue weighted by Gasteiger charge is -2.17. The van der Waals surface area contributed by atoms with Crippen LogP contribution in [0.4, 0.5) is 43.4 Å². The van der Waals surface area contributed by atoms with E-state index in [9.17, 15) is 26.3 Å². The third-order valence-electron chi connectivity index (χ3n) is 2.88. The van der Waals surface area contributed by atoms with Crippen molar-refractivity contribution in [3.63, 3.8) is 0 Å². The molecule has 22 heavy (non-hydrogen) atoms. The molecule has 0 aliphatic heterocycles. The van der Waals surface area contributed by atoms with Crippen molar-refractivity contribution in [1.82, 2.24) is 0 Å². The molecule has 8 heteroatoms. The van der Waals surface area contributed by atoms with Gasteiger partial charge in [0.25, 0.3) is 0 Å². The first kappa shape index (κ1) is 16.0. The molecule has 2 rings (SSSR count). The minimum atomic E-state index is -4.64. The van der Waals surface area contributed by atoms with Gasteiger partial charge in [-0.15, -0.1) is 0 Å². The van der Waals surface area contributed by atoms with Crippen molar-refractivity contribution in [3.8, 4) is 0 Å². The first-order chi connectivity index (χ1) is 10.1. The molecule has 0 fully saturated rings. The second-order valence-corrected chi connectivity index (χ2v) is 4.47. The van der Waals surface area contributed by atoms with E-state index in [-0.39, 0.29) is 17.1 Å². The molecule has 0 saturated heterocycles. The van der Waals surface area contributed by atoms with E-state index in [4.69, 9.17) is 5.73 Å². The van der Waals surface area contributed by atoms with E-state index >= 15 is 0 Å². The zero-order valence-corrected chi connectivity index (χ0v) is 10.9.